The van der Waals surface area contributed by atoms with Gasteiger partial charge in [-0.15, -0.1) is 0 Å². The fraction of sp³-hybridized carbons (Fsp3) is 0.350. The Morgan fingerprint density at radius 1 is 1.17 bits per heavy atom. The van der Waals surface area contributed by atoms with Gasteiger partial charge in [0.25, 0.3) is 0 Å². The second-order valence-corrected chi connectivity index (χ2v) is 6.19. The molecule has 1 unspecified atom stereocenters. The summed E-state index contributed by atoms with van der Waals surface area (Å²) in [4.78, 5) is 13.1. The molecule has 1 atom stereocenters. The average Bonchev–Trinajstić information content (AvgIpc) is 3.01. The van der Waals surface area contributed by atoms with E-state index in [1.165, 1.54) is 16.8 Å². The number of aryl methyl sites for hydroxylation is 1. The van der Waals surface area contributed by atoms with E-state index < -0.39 is 0 Å². The molecule has 0 spiro atoms. The second kappa shape index (κ2) is 6.86. The van der Waals surface area contributed by atoms with Gasteiger partial charge in [-0.05, 0) is 68.1 Å². The van der Waals surface area contributed by atoms with Crippen molar-refractivity contribution < 1.29 is 9.53 Å². The lowest BCUT2D eigenvalue weighted by molar-refractivity contribution is -0.108. The number of carbonyl (C=O) groups is 1. The van der Waals surface area contributed by atoms with E-state index in [1.54, 1.807) is 0 Å². The highest BCUT2D eigenvalue weighted by Crippen LogP contribution is 2.31. The molecule has 3 rings (SSSR count). The van der Waals surface area contributed by atoms with Crippen LogP contribution in [0.2, 0.25) is 0 Å². The molecular formula is C20H23NO2. The van der Waals surface area contributed by atoms with Crippen LogP contribution in [-0.4, -0.2) is 18.9 Å². The molecule has 0 aromatic heterocycles. The number of carbonyl (C=O) groups excluding carboxylic acids is 1. The van der Waals surface area contributed by atoms with Crippen LogP contribution < -0.4 is 9.64 Å². The molecule has 1 saturated heterocycles. The second-order valence-electron chi connectivity index (χ2n) is 6.19. The van der Waals surface area contributed by atoms with Crippen LogP contribution >= 0.6 is 0 Å². The Hall–Kier alpha value is -2.29. The Kier molecular flexibility index (Phi) is 4.65. The van der Waals surface area contributed by atoms with Crippen molar-refractivity contribution in [3.63, 3.8) is 0 Å². The van der Waals surface area contributed by atoms with E-state index >= 15 is 0 Å². The summed E-state index contributed by atoms with van der Waals surface area (Å²) in [7, 11) is 0. The van der Waals surface area contributed by atoms with E-state index in [0.717, 1.165) is 37.2 Å². The number of aldehydes is 1. The number of hydrogen-bond acceptors (Lipinski definition) is 3. The van der Waals surface area contributed by atoms with Crippen LogP contribution in [0.4, 0.5) is 5.69 Å². The first-order valence-electron chi connectivity index (χ1n) is 8.23. The molecule has 0 radical (unpaired) electrons. The van der Waals surface area contributed by atoms with Gasteiger partial charge in [-0.1, -0.05) is 12.1 Å². The number of benzene rings is 2. The van der Waals surface area contributed by atoms with Crippen LogP contribution in [0.3, 0.4) is 0 Å². The minimum absolute atomic E-state index is 0.346. The van der Waals surface area contributed by atoms with Crippen molar-refractivity contribution in [1.29, 1.82) is 0 Å². The van der Waals surface area contributed by atoms with Crippen molar-refractivity contribution >= 4 is 12.0 Å². The molecule has 3 nitrogen and oxygen atoms in total. The minimum atomic E-state index is 0.346. The van der Waals surface area contributed by atoms with Crippen LogP contribution in [0, 0.1) is 13.8 Å². The SMILES string of the molecule is Cc1cccc(Oc2ccc(N3CCCC3CC=O)cc2)c1C. The fourth-order valence-electron chi connectivity index (χ4n) is 3.20. The Labute approximate surface area is 137 Å². The Morgan fingerprint density at radius 3 is 2.70 bits per heavy atom. The van der Waals surface area contributed by atoms with E-state index in [2.05, 4.69) is 36.9 Å². The molecule has 2 aromatic rings. The van der Waals surface area contributed by atoms with Crippen LogP contribution in [0.15, 0.2) is 42.5 Å². The normalized spacial score (nSPS) is 17.3. The van der Waals surface area contributed by atoms with E-state index in [9.17, 15) is 4.79 Å². The third kappa shape index (κ3) is 3.39. The predicted octanol–water partition coefficient (Wildman–Crippen LogP) is 4.65. The fourth-order valence-corrected chi connectivity index (χ4v) is 3.20. The van der Waals surface area contributed by atoms with Crippen LogP contribution in [0.5, 0.6) is 11.5 Å². The molecule has 0 saturated carbocycles. The average molecular weight is 309 g/mol. The molecule has 0 aliphatic carbocycles. The summed E-state index contributed by atoms with van der Waals surface area (Å²) in [5.74, 6) is 1.74. The molecule has 3 heteroatoms. The number of ether oxygens (including phenoxy) is 1. The van der Waals surface area contributed by atoms with Crippen molar-refractivity contribution in [1.82, 2.24) is 0 Å². The van der Waals surface area contributed by atoms with Gasteiger partial charge >= 0.3 is 0 Å². The summed E-state index contributed by atoms with van der Waals surface area (Å²) in [6.07, 6.45) is 3.89. The molecule has 1 heterocycles. The highest BCUT2D eigenvalue weighted by molar-refractivity contribution is 5.56. The van der Waals surface area contributed by atoms with Crippen molar-refractivity contribution in [2.45, 2.75) is 39.2 Å². The summed E-state index contributed by atoms with van der Waals surface area (Å²) in [5, 5.41) is 0. The number of rotatable bonds is 5. The maximum absolute atomic E-state index is 10.8. The molecular weight excluding hydrogens is 286 g/mol. The Morgan fingerprint density at radius 2 is 1.96 bits per heavy atom. The van der Waals surface area contributed by atoms with Crippen molar-refractivity contribution in [3.8, 4) is 11.5 Å². The largest absolute Gasteiger partial charge is 0.457 e. The molecule has 0 bridgehead atoms. The molecule has 0 amide bonds. The summed E-state index contributed by atoms with van der Waals surface area (Å²) in [5.41, 5.74) is 3.57. The first kappa shape index (κ1) is 15.6. The highest BCUT2D eigenvalue weighted by atomic mass is 16.5. The van der Waals surface area contributed by atoms with E-state index in [-0.39, 0.29) is 0 Å². The molecule has 1 aliphatic rings. The Bertz CT molecular complexity index is 679. The zero-order valence-electron chi connectivity index (χ0n) is 13.8. The molecule has 1 aliphatic heterocycles. The lowest BCUT2D eigenvalue weighted by atomic mass is 10.1. The van der Waals surface area contributed by atoms with Gasteiger partial charge in [0.05, 0.1) is 0 Å². The van der Waals surface area contributed by atoms with Crippen LogP contribution in [0.1, 0.15) is 30.4 Å². The first-order chi connectivity index (χ1) is 11.2. The van der Waals surface area contributed by atoms with E-state index in [4.69, 9.17) is 4.74 Å². The molecule has 23 heavy (non-hydrogen) atoms. The van der Waals surface area contributed by atoms with Gasteiger partial charge in [-0.25, -0.2) is 0 Å². The molecule has 120 valence electrons. The number of anilines is 1. The Balaban J connectivity index is 1.74. The summed E-state index contributed by atoms with van der Waals surface area (Å²) >= 11 is 0. The topological polar surface area (TPSA) is 29.5 Å². The zero-order chi connectivity index (χ0) is 16.2. The van der Waals surface area contributed by atoms with Gasteiger partial charge in [0.1, 0.15) is 17.8 Å². The maximum Gasteiger partial charge on any atom is 0.130 e. The number of hydrogen-bond donors (Lipinski definition) is 0. The zero-order valence-corrected chi connectivity index (χ0v) is 13.8. The van der Waals surface area contributed by atoms with Gasteiger partial charge in [-0.3, -0.25) is 0 Å². The van der Waals surface area contributed by atoms with Crippen molar-refractivity contribution in [2.75, 3.05) is 11.4 Å². The minimum Gasteiger partial charge on any atom is -0.457 e. The predicted molar refractivity (Wildman–Crippen MR) is 93.5 cm³/mol. The van der Waals surface area contributed by atoms with Gasteiger partial charge in [0, 0.05) is 24.7 Å². The van der Waals surface area contributed by atoms with E-state index in [1.807, 2.05) is 24.3 Å². The quantitative estimate of drug-likeness (QED) is 0.753. The monoisotopic (exact) mass is 309 g/mol. The standard InChI is InChI=1S/C20H23NO2/c1-15-5-3-7-20(16(15)2)23-19-10-8-18(9-11-19)21-13-4-6-17(21)12-14-22/h3,5,7-11,14,17H,4,6,12-13H2,1-2H3. The van der Waals surface area contributed by atoms with Crippen LogP contribution in [0.25, 0.3) is 0 Å². The highest BCUT2D eigenvalue weighted by Gasteiger charge is 2.24. The van der Waals surface area contributed by atoms with Gasteiger partial charge < -0.3 is 14.4 Å². The van der Waals surface area contributed by atoms with E-state index in [0.29, 0.717) is 12.5 Å². The number of nitrogens with zero attached hydrogens (tertiary/aromatic N) is 1. The first-order valence-corrected chi connectivity index (χ1v) is 8.23. The smallest absolute Gasteiger partial charge is 0.130 e. The van der Waals surface area contributed by atoms with Crippen molar-refractivity contribution in [2.24, 2.45) is 0 Å². The molecule has 0 N–H and O–H groups in total. The summed E-state index contributed by atoms with van der Waals surface area (Å²) in [6, 6.07) is 14.6. The van der Waals surface area contributed by atoms with Gasteiger partial charge in [-0.2, -0.15) is 0 Å². The lowest BCUT2D eigenvalue weighted by Crippen LogP contribution is -2.29. The van der Waals surface area contributed by atoms with Crippen molar-refractivity contribution in [3.05, 3.63) is 53.6 Å². The van der Waals surface area contributed by atoms with Crippen LogP contribution in [-0.2, 0) is 4.79 Å². The third-order valence-corrected chi connectivity index (χ3v) is 4.70. The van der Waals surface area contributed by atoms with Gasteiger partial charge in [0.2, 0.25) is 0 Å². The van der Waals surface area contributed by atoms with Gasteiger partial charge in [0.15, 0.2) is 0 Å². The molecule has 2 aromatic carbocycles. The lowest BCUT2D eigenvalue weighted by Gasteiger charge is -2.25. The summed E-state index contributed by atoms with van der Waals surface area (Å²) < 4.78 is 6.01. The maximum atomic E-state index is 10.8. The molecule has 1 fully saturated rings. The third-order valence-electron chi connectivity index (χ3n) is 4.70. The summed E-state index contributed by atoms with van der Waals surface area (Å²) in [6.45, 7) is 5.19.